The molecule has 4 aliphatic rings. The van der Waals surface area contributed by atoms with E-state index in [2.05, 4.69) is 0 Å². The van der Waals surface area contributed by atoms with Crippen LogP contribution in [0, 0.1) is 34.5 Å². The minimum atomic E-state index is -2.11. The number of aliphatic hydroxyl groups is 2. The van der Waals surface area contributed by atoms with Gasteiger partial charge in [-0.2, -0.15) is 0 Å². The third-order valence-electron chi connectivity index (χ3n) is 8.47. The second-order valence-electron chi connectivity index (χ2n) is 9.76. The molecule has 4 nitrogen and oxygen atoms in total. The van der Waals surface area contributed by atoms with Crippen LogP contribution >= 0.6 is 0 Å². The van der Waals surface area contributed by atoms with Gasteiger partial charge in [-0.1, -0.05) is 19.9 Å². The number of allylic oxidation sites excluding steroid dienone is 4. The average Bonchev–Trinajstić information content (AvgIpc) is 2.89. The number of fused-ring (bicyclic) bond motifs is 5. The highest BCUT2D eigenvalue weighted by Gasteiger charge is 2.73. The topological polar surface area (TPSA) is 74.6 Å². The molecule has 3 saturated carbocycles. The van der Waals surface area contributed by atoms with E-state index in [1.54, 1.807) is 6.92 Å². The summed E-state index contributed by atoms with van der Waals surface area (Å²) in [5.41, 5.74) is -4.09. The Morgan fingerprint density at radius 1 is 1.29 bits per heavy atom. The monoisotopic (exact) mass is 394 g/mol. The fraction of sp³-hybridized carbons (Fsp3) is 0.727. The lowest BCUT2D eigenvalue weighted by molar-refractivity contribution is -0.202. The zero-order valence-electron chi connectivity index (χ0n) is 16.5. The Labute approximate surface area is 163 Å². The first-order chi connectivity index (χ1) is 13.0. The van der Waals surface area contributed by atoms with Gasteiger partial charge in [0.15, 0.2) is 17.2 Å². The molecule has 9 atom stereocenters. The number of rotatable bonds is 2. The Bertz CT molecular complexity index is 791. The highest BCUT2D eigenvalue weighted by Crippen LogP contribution is 2.70. The smallest absolute Gasteiger partial charge is 0.178 e. The molecule has 0 aromatic carbocycles. The molecule has 0 aliphatic heterocycles. The van der Waals surface area contributed by atoms with Crippen molar-refractivity contribution < 1.29 is 28.6 Å². The Balaban J connectivity index is 1.84. The maximum Gasteiger partial charge on any atom is 0.178 e. The van der Waals surface area contributed by atoms with E-state index >= 15 is 8.78 Å². The highest BCUT2D eigenvalue weighted by atomic mass is 19.1. The number of aliphatic hydroxyl groups excluding tert-OH is 2. The van der Waals surface area contributed by atoms with Crippen molar-refractivity contribution in [2.24, 2.45) is 34.5 Å². The Morgan fingerprint density at radius 2 is 1.96 bits per heavy atom. The number of carbonyl (C=O) groups excluding carboxylic acids is 2. The lowest BCUT2D eigenvalue weighted by Crippen LogP contribution is -2.68. The van der Waals surface area contributed by atoms with Crippen LogP contribution < -0.4 is 0 Å². The minimum absolute atomic E-state index is 0.0736. The van der Waals surface area contributed by atoms with Crippen LogP contribution in [0.1, 0.15) is 40.0 Å². The van der Waals surface area contributed by atoms with Gasteiger partial charge in [0.2, 0.25) is 0 Å². The lowest BCUT2D eigenvalue weighted by Gasteiger charge is -2.62. The molecule has 0 spiro atoms. The molecule has 4 rings (SSSR count). The standard InChI is InChI=1S/C22H28F2O4/c1-11-6-13-14-8-16(23)15-7-12(26)4-5-21(15,3)22(14,24)18(28)9-20(13,2)19(11)17(27)10-25/h4-5,7,11,13-14,16,18-19,25,28H,6,8-10H2,1-3H3/t11-,13+,14+,16+,18+,19-,20?,21?,22+/m1/s1. The molecule has 0 heterocycles. The van der Waals surface area contributed by atoms with E-state index < -0.39 is 47.2 Å². The zero-order valence-corrected chi connectivity index (χ0v) is 16.5. The van der Waals surface area contributed by atoms with Crippen LogP contribution in [0.15, 0.2) is 23.8 Å². The summed E-state index contributed by atoms with van der Waals surface area (Å²) in [7, 11) is 0. The predicted octanol–water partition coefficient (Wildman–Crippen LogP) is 2.73. The number of hydrogen-bond donors (Lipinski definition) is 2. The van der Waals surface area contributed by atoms with Crippen LogP contribution in [0.25, 0.3) is 0 Å². The van der Waals surface area contributed by atoms with Crippen LogP contribution in [0.3, 0.4) is 0 Å². The van der Waals surface area contributed by atoms with Crippen molar-refractivity contribution in [3.05, 3.63) is 23.8 Å². The molecule has 154 valence electrons. The normalized spacial score (nSPS) is 52.5. The van der Waals surface area contributed by atoms with E-state index in [0.29, 0.717) is 6.42 Å². The molecule has 0 aromatic heterocycles. The summed E-state index contributed by atoms with van der Waals surface area (Å²) in [5.74, 6) is -2.26. The van der Waals surface area contributed by atoms with Crippen molar-refractivity contribution in [3.8, 4) is 0 Å². The first kappa shape index (κ1) is 19.9. The fourth-order valence-corrected chi connectivity index (χ4v) is 7.36. The van der Waals surface area contributed by atoms with Crippen LogP contribution in [-0.4, -0.2) is 46.3 Å². The fourth-order valence-electron chi connectivity index (χ4n) is 7.36. The molecule has 0 bridgehead atoms. The summed E-state index contributed by atoms with van der Waals surface area (Å²) in [4.78, 5) is 24.3. The van der Waals surface area contributed by atoms with Gasteiger partial charge in [-0.15, -0.1) is 0 Å². The minimum Gasteiger partial charge on any atom is -0.390 e. The van der Waals surface area contributed by atoms with E-state index in [1.807, 2.05) is 13.8 Å². The third-order valence-corrected chi connectivity index (χ3v) is 8.47. The van der Waals surface area contributed by atoms with E-state index in [9.17, 15) is 19.8 Å². The van der Waals surface area contributed by atoms with Crippen molar-refractivity contribution in [2.45, 2.75) is 58.0 Å². The molecular formula is C22H28F2O4. The second kappa shape index (κ2) is 6.05. The first-order valence-electron chi connectivity index (χ1n) is 10.1. The quantitative estimate of drug-likeness (QED) is 0.755. The SMILES string of the molecule is C[C@@H]1C[C@H]2[C@@H]3C[C@H](F)C4=CC(=O)C=CC4(C)[C@@]3(F)[C@@H](O)CC2(C)[C@H]1C(=O)CO. The molecule has 3 fully saturated rings. The molecule has 2 unspecified atom stereocenters. The van der Waals surface area contributed by atoms with Gasteiger partial charge in [-0.25, -0.2) is 8.78 Å². The molecule has 4 aliphatic carbocycles. The summed E-state index contributed by atoms with van der Waals surface area (Å²) in [6.45, 7) is 4.78. The van der Waals surface area contributed by atoms with Crippen molar-refractivity contribution in [1.82, 2.24) is 0 Å². The molecule has 0 aromatic rings. The number of ketones is 2. The summed E-state index contributed by atoms with van der Waals surface area (Å²) in [5, 5.41) is 20.5. The first-order valence-corrected chi connectivity index (χ1v) is 10.1. The van der Waals surface area contributed by atoms with Crippen molar-refractivity contribution in [3.63, 3.8) is 0 Å². The molecule has 2 N–H and O–H groups in total. The van der Waals surface area contributed by atoms with Crippen molar-refractivity contribution in [1.29, 1.82) is 0 Å². The van der Waals surface area contributed by atoms with Crippen LogP contribution in [0.4, 0.5) is 8.78 Å². The van der Waals surface area contributed by atoms with Gasteiger partial charge in [0.05, 0.1) is 6.10 Å². The Morgan fingerprint density at radius 3 is 2.61 bits per heavy atom. The molecule has 6 heteroatoms. The Hall–Kier alpha value is -1.40. The molecule has 0 radical (unpaired) electrons. The van der Waals surface area contributed by atoms with E-state index in [0.717, 1.165) is 0 Å². The van der Waals surface area contributed by atoms with Crippen LogP contribution in [0.5, 0.6) is 0 Å². The summed E-state index contributed by atoms with van der Waals surface area (Å²) in [6.07, 6.45) is 1.52. The Kier molecular flexibility index (Phi) is 4.30. The number of halogens is 2. The molecule has 0 saturated heterocycles. The van der Waals surface area contributed by atoms with Gasteiger partial charge >= 0.3 is 0 Å². The number of carbonyl (C=O) groups is 2. The average molecular weight is 394 g/mol. The largest absolute Gasteiger partial charge is 0.390 e. The number of Topliss-reactive ketones (excluding diaryl/α,β-unsaturated/α-hetero) is 1. The second-order valence-corrected chi connectivity index (χ2v) is 9.76. The van der Waals surface area contributed by atoms with E-state index in [-0.39, 0.29) is 41.8 Å². The number of alkyl halides is 2. The van der Waals surface area contributed by atoms with Gasteiger partial charge < -0.3 is 10.2 Å². The van der Waals surface area contributed by atoms with Gasteiger partial charge in [0.1, 0.15) is 12.8 Å². The van der Waals surface area contributed by atoms with E-state index in [4.69, 9.17) is 0 Å². The molecule has 28 heavy (non-hydrogen) atoms. The summed E-state index contributed by atoms with van der Waals surface area (Å²) >= 11 is 0. The maximum absolute atomic E-state index is 16.8. The molecular weight excluding hydrogens is 366 g/mol. The van der Waals surface area contributed by atoms with Crippen molar-refractivity contribution in [2.75, 3.05) is 6.61 Å². The molecule has 0 amide bonds. The van der Waals surface area contributed by atoms with Gasteiger partial charge in [0, 0.05) is 17.3 Å². The summed E-state index contributed by atoms with van der Waals surface area (Å²) in [6, 6.07) is 0. The summed E-state index contributed by atoms with van der Waals surface area (Å²) < 4.78 is 32.0. The number of hydrogen-bond acceptors (Lipinski definition) is 4. The zero-order chi connectivity index (χ0) is 20.6. The van der Waals surface area contributed by atoms with Crippen molar-refractivity contribution >= 4 is 11.6 Å². The van der Waals surface area contributed by atoms with Crippen LogP contribution in [-0.2, 0) is 9.59 Å². The van der Waals surface area contributed by atoms with Crippen LogP contribution in [0.2, 0.25) is 0 Å². The van der Waals surface area contributed by atoms with E-state index in [1.165, 1.54) is 18.2 Å². The van der Waals surface area contributed by atoms with Gasteiger partial charge in [-0.3, -0.25) is 9.59 Å². The predicted molar refractivity (Wildman–Crippen MR) is 98.8 cm³/mol. The maximum atomic E-state index is 16.8. The highest BCUT2D eigenvalue weighted by molar-refractivity contribution is 6.01. The third kappa shape index (κ3) is 2.22. The van der Waals surface area contributed by atoms with Gasteiger partial charge in [-0.05, 0) is 61.2 Å². The van der Waals surface area contributed by atoms with Gasteiger partial charge in [0.25, 0.3) is 0 Å². The lowest BCUT2D eigenvalue weighted by atomic mass is 9.45.